The number of ether oxygens (including phenoxy) is 1. The number of aliphatic carboxylic acids is 1. The van der Waals surface area contributed by atoms with Crippen LogP contribution in [-0.2, 0) is 9.53 Å². The van der Waals surface area contributed by atoms with Crippen molar-refractivity contribution in [1.82, 2.24) is 0 Å². The summed E-state index contributed by atoms with van der Waals surface area (Å²) in [7, 11) is 1.44. The van der Waals surface area contributed by atoms with Gasteiger partial charge in [-0.25, -0.2) is 13.6 Å². The van der Waals surface area contributed by atoms with Gasteiger partial charge in [-0.3, -0.25) is 4.79 Å². The van der Waals surface area contributed by atoms with Gasteiger partial charge in [0, 0.05) is 30.6 Å². The summed E-state index contributed by atoms with van der Waals surface area (Å²) < 4.78 is 35.5. The van der Waals surface area contributed by atoms with E-state index in [1.54, 1.807) is 6.07 Å². The molecule has 0 aromatic heterocycles. The minimum atomic E-state index is -1.05. The Morgan fingerprint density at radius 1 is 1.08 bits per heavy atom. The monoisotopic (exact) mass is 551 g/mol. The first-order valence-electron chi connectivity index (χ1n) is 12.9. The van der Waals surface area contributed by atoms with Crippen molar-refractivity contribution in [3.8, 4) is 0 Å². The summed E-state index contributed by atoms with van der Waals surface area (Å²) in [5, 5.41) is 14.7. The summed E-state index contributed by atoms with van der Waals surface area (Å²) in [6.45, 7) is 4.73. The number of nitrogens with one attached hydrogen (secondary N) is 2. The van der Waals surface area contributed by atoms with Crippen LogP contribution in [0.15, 0.2) is 30.3 Å². The molecule has 1 saturated carbocycles. The first-order valence-corrected chi connectivity index (χ1v) is 13.3. The Morgan fingerprint density at radius 3 is 2.37 bits per heavy atom. The molecule has 1 atom stereocenters. The van der Waals surface area contributed by atoms with Crippen molar-refractivity contribution in [2.75, 3.05) is 35.8 Å². The summed E-state index contributed by atoms with van der Waals surface area (Å²) in [4.78, 5) is 26.5. The van der Waals surface area contributed by atoms with Crippen molar-refractivity contribution >= 4 is 40.7 Å². The van der Waals surface area contributed by atoms with E-state index in [2.05, 4.69) is 10.6 Å². The molecule has 0 radical (unpaired) electrons. The molecule has 2 aromatic carbocycles. The van der Waals surface area contributed by atoms with Gasteiger partial charge >= 0.3 is 12.0 Å². The van der Waals surface area contributed by atoms with Crippen LogP contribution in [0.2, 0.25) is 5.02 Å². The number of carbonyl (C=O) groups excluding carboxylic acids is 1. The fraction of sp³-hybridized carbons (Fsp3) is 0.500. The predicted molar refractivity (Wildman–Crippen MR) is 146 cm³/mol. The number of carboxylic acid groups (broad SMARTS) is 1. The lowest BCUT2D eigenvalue weighted by molar-refractivity contribution is -0.137. The molecule has 3 N–H and O–H groups in total. The highest BCUT2D eigenvalue weighted by molar-refractivity contribution is 6.30. The van der Waals surface area contributed by atoms with Gasteiger partial charge in [-0.2, -0.15) is 0 Å². The van der Waals surface area contributed by atoms with Crippen LogP contribution in [0.3, 0.4) is 0 Å². The topological polar surface area (TPSA) is 90.9 Å². The average Bonchev–Trinajstić information content (AvgIpc) is 2.84. The van der Waals surface area contributed by atoms with E-state index >= 15 is 4.39 Å². The third-order valence-corrected chi connectivity index (χ3v) is 6.87. The molecule has 1 aliphatic rings. The van der Waals surface area contributed by atoms with E-state index in [-0.39, 0.29) is 47.1 Å². The lowest BCUT2D eigenvalue weighted by atomic mass is 9.91. The molecule has 0 aliphatic heterocycles. The lowest BCUT2D eigenvalue weighted by Gasteiger charge is -2.39. The Morgan fingerprint density at radius 2 is 1.76 bits per heavy atom. The number of carbonyl (C=O) groups is 2. The molecule has 0 heterocycles. The summed E-state index contributed by atoms with van der Waals surface area (Å²) in [6.07, 6.45) is 4.73. The zero-order valence-corrected chi connectivity index (χ0v) is 22.8. The zero-order valence-electron chi connectivity index (χ0n) is 22.0. The molecule has 38 heavy (non-hydrogen) atoms. The minimum Gasteiger partial charge on any atom is -0.481 e. The number of hydrogen-bond acceptors (Lipinski definition) is 4. The summed E-state index contributed by atoms with van der Waals surface area (Å²) in [6, 6.07) is 6.12. The number of carboxylic acids is 1. The molecule has 7 nitrogen and oxygen atoms in total. The SMILES string of the molecule is COCC(CC(=O)O)c1cc(F)c(N(CC(C)C)C2CCCCC2)c(NC(=O)Nc2ccc(Cl)cc2F)c1. The molecule has 3 rings (SSSR count). The third-order valence-electron chi connectivity index (χ3n) is 6.64. The molecule has 0 bridgehead atoms. The fourth-order valence-corrected chi connectivity index (χ4v) is 5.16. The first kappa shape index (κ1) is 29.6. The predicted octanol–water partition coefficient (Wildman–Crippen LogP) is 7.26. The number of nitrogens with zero attached hydrogens (tertiary/aromatic N) is 1. The first-order chi connectivity index (χ1) is 18.1. The Hall–Kier alpha value is -2.91. The molecule has 0 saturated heterocycles. The van der Waals surface area contributed by atoms with Crippen LogP contribution in [0, 0.1) is 17.6 Å². The van der Waals surface area contributed by atoms with Crippen LogP contribution in [0.25, 0.3) is 0 Å². The molecule has 2 amide bonds. The van der Waals surface area contributed by atoms with Gasteiger partial charge in [0.05, 0.1) is 30.1 Å². The van der Waals surface area contributed by atoms with E-state index in [4.69, 9.17) is 16.3 Å². The molecule has 1 aliphatic carbocycles. The second-order valence-electron chi connectivity index (χ2n) is 10.2. The number of anilines is 3. The van der Waals surface area contributed by atoms with Crippen molar-refractivity contribution in [3.63, 3.8) is 0 Å². The summed E-state index contributed by atoms with van der Waals surface area (Å²) >= 11 is 5.81. The Bertz CT molecular complexity index is 1130. The minimum absolute atomic E-state index is 0.0606. The molecule has 1 fully saturated rings. The third kappa shape index (κ3) is 8.04. The Balaban J connectivity index is 2.06. The standard InChI is InChI=1S/C28H36ClF2N3O4/c1-17(2)15-34(21-7-5-4-6-8-21)27-23(31)11-18(19(16-38-3)13-26(35)36)12-25(27)33-28(37)32-24-10-9-20(29)14-22(24)30/h9-12,14,17,19,21H,4-8,13,15-16H2,1-3H3,(H,35,36)(H2,32,33,37). The van der Waals surface area contributed by atoms with Crippen molar-refractivity contribution in [3.05, 3.63) is 52.6 Å². The van der Waals surface area contributed by atoms with Gasteiger partial charge in [0.15, 0.2) is 0 Å². The maximum absolute atomic E-state index is 16.0. The van der Waals surface area contributed by atoms with Gasteiger partial charge in [0.2, 0.25) is 0 Å². The number of halogens is 3. The Labute approximate surface area is 227 Å². The van der Waals surface area contributed by atoms with E-state index < -0.39 is 29.6 Å². The number of methoxy groups -OCH3 is 1. The summed E-state index contributed by atoms with van der Waals surface area (Å²) in [5.74, 6) is -2.74. The maximum Gasteiger partial charge on any atom is 0.323 e. The van der Waals surface area contributed by atoms with E-state index in [0.717, 1.165) is 38.2 Å². The number of hydrogen-bond donors (Lipinski definition) is 3. The highest BCUT2D eigenvalue weighted by Gasteiger charge is 2.29. The second kappa shape index (κ2) is 13.8. The van der Waals surface area contributed by atoms with E-state index in [9.17, 15) is 19.1 Å². The molecule has 208 valence electrons. The number of benzene rings is 2. The number of amides is 2. The van der Waals surface area contributed by atoms with Gasteiger partial charge < -0.3 is 25.4 Å². The van der Waals surface area contributed by atoms with E-state index in [1.165, 1.54) is 25.3 Å². The smallest absolute Gasteiger partial charge is 0.323 e. The lowest BCUT2D eigenvalue weighted by Crippen LogP contribution is -2.40. The van der Waals surface area contributed by atoms with Gasteiger partial charge in [-0.1, -0.05) is 44.7 Å². The van der Waals surface area contributed by atoms with Crippen LogP contribution in [0.5, 0.6) is 0 Å². The molecule has 10 heteroatoms. The van der Waals surface area contributed by atoms with E-state index in [0.29, 0.717) is 12.1 Å². The van der Waals surface area contributed by atoms with E-state index in [1.807, 2.05) is 18.7 Å². The Kier molecular flexibility index (Phi) is 10.7. The van der Waals surface area contributed by atoms with Gasteiger partial charge in [0.1, 0.15) is 11.6 Å². The van der Waals surface area contributed by atoms with Crippen LogP contribution in [-0.4, -0.2) is 43.4 Å². The highest BCUT2D eigenvalue weighted by Crippen LogP contribution is 2.38. The van der Waals surface area contributed by atoms with Crippen molar-refractivity contribution in [2.24, 2.45) is 5.92 Å². The molecule has 2 aromatic rings. The van der Waals surface area contributed by atoms with Crippen LogP contribution >= 0.6 is 11.6 Å². The molecule has 1 unspecified atom stereocenters. The molecule has 0 spiro atoms. The number of urea groups is 1. The number of rotatable bonds is 11. The zero-order chi connectivity index (χ0) is 27.8. The van der Waals surface area contributed by atoms with Crippen LogP contribution < -0.4 is 15.5 Å². The van der Waals surface area contributed by atoms with Gasteiger partial charge in [0.25, 0.3) is 0 Å². The quantitative estimate of drug-likeness (QED) is 0.273. The van der Waals surface area contributed by atoms with Gasteiger partial charge in [-0.15, -0.1) is 0 Å². The van der Waals surface area contributed by atoms with Gasteiger partial charge in [-0.05, 0) is 54.7 Å². The largest absolute Gasteiger partial charge is 0.481 e. The van der Waals surface area contributed by atoms with Crippen LogP contribution in [0.1, 0.15) is 63.9 Å². The maximum atomic E-state index is 16.0. The molecular formula is C28H36ClF2N3O4. The average molecular weight is 552 g/mol. The normalized spacial score (nSPS) is 14.8. The fourth-order valence-electron chi connectivity index (χ4n) is 5.00. The van der Waals surface area contributed by atoms with Crippen molar-refractivity contribution in [2.45, 2.75) is 64.3 Å². The van der Waals surface area contributed by atoms with Crippen LogP contribution in [0.4, 0.5) is 30.6 Å². The van der Waals surface area contributed by atoms with Crippen molar-refractivity contribution < 1.29 is 28.2 Å². The second-order valence-corrected chi connectivity index (χ2v) is 10.6. The highest BCUT2D eigenvalue weighted by atomic mass is 35.5. The summed E-state index contributed by atoms with van der Waals surface area (Å²) in [5.41, 5.74) is 0.730. The molecular weight excluding hydrogens is 516 g/mol. The van der Waals surface area contributed by atoms with Crippen molar-refractivity contribution in [1.29, 1.82) is 0 Å².